The van der Waals surface area contributed by atoms with E-state index in [0.717, 1.165) is 23.3 Å². The van der Waals surface area contributed by atoms with Crippen molar-refractivity contribution in [1.82, 2.24) is 0 Å². The van der Waals surface area contributed by atoms with Crippen molar-refractivity contribution in [3.63, 3.8) is 0 Å². The molecular formula is C17H21NO2. The molecule has 0 aliphatic heterocycles. The van der Waals surface area contributed by atoms with Crippen molar-refractivity contribution in [1.29, 1.82) is 0 Å². The average Bonchev–Trinajstić information content (AvgIpc) is 2.52. The van der Waals surface area contributed by atoms with Crippen LogP contribution in [-0.2, 0) is 11.3 Å². The number of hydrogen-bond donors (Lipinski definition) is 1. The molecule has 0 aliphatic carbocycles. The number of rotatable bonds is 7. The number of nitrogens with two attached hydrogens (primary N) is 1. The zero-order valence-electron chi connectivity index (χ0n) is 11.8. The van der Waals surface area contributed by atoms with Crippen molar-refractivity contribution in [2.24, 2.45) is 5.73 Å². The Labute approximate surface area is 120 Å². The zero-order chi connectivity index (χ0) is 14.2. The highest BCUT2D eigenvalue weighted by Gasteiger charge is 2.06. The van der Waals surface area contributed by atoms with Crippen LogP contribution in [0.1, 0.15) is 23.6 Å². The van der Waals surface area contributed by atoms with Gasteiger partial charge in [0.1, 0.15) is 5.75 Å². The molecule has 106 valence electrons. The van der Waals surface area contributed by atoms with Crippen LogP contribution >= 0.6 is 0 Å². The Hall–Kier alpha value is -1.84. The molecule has 3 heteroatoms. The van der Waals surface area contributed by atoms with Gasteiger partial charge >= 0.3 is 0 Å². The molecule has 20 heavy (non-hydrogen) atoms. The van der Waals surface area contributed by atoms with Gasteiger partial charge in [0.15, 0.2) is 0 Å². The van der Waals surface area contributed by atoms with Gasteiger partial charge in [-0.2, -0.15) is 0 Å². The monoisotopic (exact) mass is 271 g/mol. The summed E-state index contributed by atoms with van der Waals surface area (Å²) in [7, 11) is 1.67. The molecular weight excluding hydrogens is 250 g/mol. The van der Waals surface area contributed by atoms with E-state index in [1.807, 2.05) is 54.6 Å². The summed E-state index contributed by atoms with van der Waals surface area (Å²) in [5.41, 5.74) is 8.33. The molecule has 0 aromatic heterocycles. The molecule has 2 aromatic rings. The number of hydrogen-bond acceptors (Lipinski definition) is 3. The van der Waals surface area contributed by atoms with E-state index in [1.165, 1.54) is 0 Å². The molecule has 0 radical (unpaired) electrons. The van der Waals surface area contributed by atoms with Gasteiger partial charge in [-0.1, -0.05) is 48.5 Å². The molecule has 0 spiro atoms. The van der Waals surface area contributed by atoms with Crippen molar-refractivity contribution in [3.8, 4) is 5.75 Å². The van der Waals surface area contributed by atoms with Crippen molar-refractivity contribution in [2.75, 3.05) is 13.7 Å². The van der Waals surface area contributed by atoms with E-state index in [1.54, 1.807) is 7.11 Å². The van der Waals surface area contributed by atoms with Crippen LogP contribution in [0.2, 0.25) is 0 Å². The van der Waals surface area contributed by atoms with Crippen LogP contribution in [0.5, 0.6) is 5.75 Å². The summed E-state index contributed by atoms with van der Waals surface area (Å²) in [6.45, 7) is 1.18. The lowest BCUT2D eigenvalue weighted by atomic mass is 10.1. The largest absolute Gasteiger partial charge is 0.496 e. The SMILES string of the molecule is COc1ccccc1COCCC(N)c1ccccc1. The first kappa shape index (κ1) is 14.6. The molecule has 3 nitrogen and oxygen atoms in total. The summed E-state index contributed by atoms with van der Waals surface area (Å²) in [5.74, 6) is 0.861. The topological polar surface area (TPSA) is 44.5 Å². The fourth-order valence-electron chi connectivity index (χ4n) is 2.08. The minimum absolute atomic E-state index is 0.0221. The van der Waals surface area contributed by atoms with Crippen LogP contribution in [0.15, 0.2) is 54.6 Å². The third-order valence-electron chi connectivity index (χ3n) is 3.25. The average molecular weight is 271 g/mol. The maximum atomic E-state index is 6.13. The van der Waals surface area contributed by atoms with Crippen LogP contribution in [0, 0.1) is 0 Å². The van der Waals surface area contributed by atoms with E-state index in [2.05, 4.69) is 0 Å². The van der Waals surface area contributed by atoms with E-state index in [9.17, 15) is 0 Å². The van der Waals surface area contributed by atoms with Crippen molar-refractivity contribution in [3.05, 3.63) is 65.7 Å². The highest BCUT2D eigenvalue weighted by atomic mass is 16.5. The van der Waals surface area contributed by atoms with E-state index >= 15 is 0 Å². The standard InChI is InChI=1S/C17H21NO2/c1-19-17-10-6-5-9-15(17)13-20-12-11-16(18)14-7-3-2-4-8-14/h2-10,16H,11-13,18H2,1H3. The van der Waals surface area contributed by atoms with Gasteiger partial charge in [-0.3, -0.25) is 0 Å². The zero-order valence-corrected chi connectivity index (χ0v) is 11.8. The second-order valence-electron chi connectivity index (χ2n) is 4.67. The predicted molar refractivity (Wildman–Crippen MR) is 80.6 cm³/mol. The van der Waals surface area contributed by atoms with Crippen LogP contribution < -0.4 is 10.5 Å². The molecule has 0 saturated heterocycles. The fourth-order valence-corrected chi connectivity index (χ4v) is 2.08. The molecule has 0 fully saturated rings. The first-order valence-electron chi connectivity index (χ1n) is 6.81. The highest BCUT2D eigenvalue weighted by Crippen LogP contribution is 2.19. The van der Waals surface area contributed by atoms with Gasteiger partial charge in [0.05, 0.1) is 13.7 Å². The van der Waals surface area contributed by atoms with Gasteiger partial charge in [-0.05, 0) is 18.1 Å². The molecule has 1 atom stereocenters. The minimum atomic E-state index is 0.0221. The third kappa shape index (κ3) is 4.08. The molecule has 0 saturated carbocycles. The quantitative estimate of drug-likeness (QED) is 0.786. The van der Waals surface area contributed by atoms with E-state index in [-0.39, 0.29) is 6.04 Å². The third-order valence-corrected chi connectivity index (χ3v) is 3.25. The van der Waals surface area contributed by atoms with Crippen molar-refractivity contribution in [2.45, 2.75) is 19.1 Å². The molecule has 0 bridgehead atoms. The Balaban J connectivity index is 1.76. The second-order valence-corrected chi connectivity index (χ2v) is 4.67. The lowest BCUT2D eigenvalue weighted by Crippen LogP contribution is -2.13. The smallest absolute Gasteiger partial charge is 0.124 e. The van der Waals surface area contributed by atoms with Crippen LogP contribution in [-0.4, -0.2) is 13.7 Å². The summed E-state index contributed by atoms with van der Waals surface area (Å²) < 4.78 is 11.0. The first-order valence-corrected chi connectivity index (χ1v) is 6.81. The maximum Gasteiger partial charge on any atom is 0.124 e. The normalized spacial score (nSPS) is 12.1. The Bertz CT molecular complexity index is 513. The Morgan fingerprint density at radius 1 is 1.00 bits per heavy atom. The van der Waals surface area contributed by atoms with Crippen LogP contribution in [0.3, 0.4) is 0 Å². The highest BCUT2D eigenvalue weighted by molar-refractivity contribution is 5.32. The number of methoxy groups -OCH3 is 1. The molecule has 0 heterocycles. The molecule has 2 rings (SSSR count). The molecule has 2 aromatic carbocycles. The minimum Gasteiger partial charge on any atom is -0.496 e. The summed E-state index contributed by atoms with van der Waals surface area (Å²) in [5, 5.41) is 0. The fraction of sp³-hybridized carbons (Fsp3) is 0.294. The van der Waals surface area contributed by atoms with Gasteiger partial charge in [0.25, 0.3) is 0 Å². The second kappa shape index (κ2) is 7.68. The number of ether oxygens (including phenoxy) is 2. The maximum absolute atomic E-state index is 6.13. The van der Waals surface area contributed by atoms with E-state index < -0.39 is 0 Å². The van der Waals surface area contributed by atoms with E-state index in [4.69, 9.17) is 15.2 Å². The van der Waals surface area contributed by atoms with Gasteiger partial charge < -0.3 is 15.2 Å². The lowest BCUT2D eigenvalue weighted by molar-refractivity contribution is 0.112. The van der Waals surface area contributed by atoms with Crippen molar-refractivity contribution < 1.29 is 9.47 Å². The summed E-state index contributed by atoms with van der Waals surface area (Å²) in [6.07, 6.45) is 0.805. The Kier molecular flexibility index (Phi) is 5.59. The number of para-hydroxylation sites is 1. The Morgan fingerprint density at radius 2 is 1.70 bits per heavy atom. The molecule has 0 aliphatic rings. The van der Waals surface area contributed by atoms with Gasteiger partial charge in [-0.15, -0.1) is 0 Å². The summed E-state index contributed by atoms with van der Waals surface area (Å²) in [4.78, 5) is 0. The van der Waals surface area contributed by atoms with Crippen molar-refractivity contribution >= 4 is 0 Å². The summed E-state index contributed by atoms with van der Waals surface area (Å²) >= 11 is 0. The van der Waals surface area contributed by atoms with Gasteiger partial charge in [0.2, 0.25) is 0 Å². The predicted octanol–water partition coefficient (Wildman–Crippen LogP) is 3.30. The Morgan fingerprint density at radius 3 is 2.45 bits per heavy atom. The van der Waals surface area contributed by atoms with Crippen LogP contribution in [0.4, 0.5) is 0 Å². The molecule has 1 unspecified atom stereocenters. The van der Waals surface area contributed by atoms with Crippen LogP contribution in [0.25, 0.3) is 0 Å². The van der Waals surface area contributed by atoms with Gasteiger partial charge in [0, 0.05) is 18.2 Å². The lowest BCUT2D eigenvalue weighted by Gasteiger charge is -2.13. The summed E-state index contributed by atoms with van der Waals surface area (Å²) in [6, 6.07) is 18.0. The van der Waals surface area contributed by atoms with Gasteiger partial charge in [-0.25, -0.2) is 0 Å². The van der Waals surface area contributed by atoms with E-state index in [0.29, 0.717) is 13.2 Å². The molecule has 2 N–H and O–H groups in total. The first-order chi connectivity index (χ1) is 9.81. The number of benzene rings is 2. The molecule has 0 amide bonds.